The van der Waals surface area contributed by atoms with Crippen molar-refractivity contribution >= 4 is 11.8 Å². The smallest absolute Gasteiger partial charge is 0.265 e. The number of ether oxygens (including phenoxy) is 1. The molecule has 0 bridgehead atoms. The highest BCUT2D eigenvalue weighted by Gasteiger charge is 2.08. The summed E-state index contributed by atoms with van der Waals surface area (Å²) in [4.78, 5) is 24.6. The number of benzene rings is 1. The van der Waals surface area contributed by atoms with Gasteiger partial charge in [-0.05, 0) is 30.8 Å². The van der Waals surface area contributed by atoms with E-state index in [1.54, 1.807) is 31.3 Å². The Kier molecular flexibility index (Phi) is 7.20. The second kappa shape index (κ2) is 8.93. The van der Waals surface area contributed by atoms with Crippen LogP contribution in [0, 0.1) is 0 Å². The van der Waals surface area contributed by atoms with Gasteiger partial charge in [-0.2, -0.15) is 0 Å². The van der Waals surface area contributed by atoms with Gasteiger partial charge in [0.2, 0.25) is 5.91 Å². The van der Waals surface area contributed by atoms with Crippen LogP contribution < -0.4 is 21.3 Å². The van der Waals surface area contributed by atoms with Crippen LogP contribution in [0.15, 0.2) is 24.3 Å². The Bertz CT molecular complexity index is 462. The average Bonchev–Trinajstić information content (AvgIpc) is 2.53. The molecule has 0 aliphatic carbocycles. The van der Waals surface area contributed by atoms with Gasteiger partial charge in [-0.15, -0.1) is 0 Å². The topological polar surface area (TPSA) is 96.7 Å². The molecule has 0 aliphatic rings. The molecule has 0 fully saturated rings. The van der Waals surface area contributed by atoms with Gasteiger partial charge in [0, 0.05) is 19.2 Å². The standard InChI is InChI=1S/C14H22N4O3/c1-3-18(10-13(19)16-2)8-9-21-12-6-4-11(5-7-12)14(20)17-15/h4-7H,3,8-10,15H2,1-2H3,(H,16,19)(H,17,20). The van der Waals surface area contributed by atoms with Crippen LogP contribution in [0.5, 0.6) is 5.75 Å². The van der Waals surface area contributed by atoms with Crippen LogP contribution in [0.3, 0.4) is 0 Å². The number of hydrazine groups is 1. The van der Waals surface area contributed by atoms with Gasteiger partial charge in [0.15, 0.2) is 0 Å². The fraction of sp³-hybridized carbons (Fsp3) is 0.429. The minimum Gasteiger partial charge on any atom is -0.492 e. The summed E-state index contributed by atoms with van der Waals surface area (Å²) in [7, 11) is 1.62. The molecule has 0 aromatic heterocycles. The molecule has 1 rings (SSSR count). The second-order valence-corrected chi connectivity index (χ2v) is 4.39. The number of nitrogen functional groups attached to an aromatic ring is 1. The quantitative estimate of drug-likeness (QED) is 0.349. The van der Waals surface area contributed by atoms with E-state index in [0.29, 0.717) is 31.0 Å². The van der Waals surface area contributed by atoms with Crippen LogP contribution in [0.4, 0.5) is 0 Å². The molecule has 1 aromatic rings. The summed E-state index contributed by atoms with van der Waals surface area (Å²) in [6.07, 6.45) is 0. The molecule has 0 radical (unpaired) electrons. The molecule has 21 heavy (non-hydrogen) atoms. The van der Waals surface area contributed by atoms with Crippen molar-refractivity contribution in [1.29, 1.82) is 0 Å². The van der Waals surface area contributed by atoms with Gasteiger partial charge in [-0.1, -0.05) is 6.92 Å². The van der Waals surface area contributed by atoms with Crippen molar-refractivity contribution in [2.45, 2.75) is 6.92 Å². The third kappa shape index (κ3) is 5.80. The zero-order chi connectivity index (χ0) is 15.7. The Morgan fingerprint density at radius 3 is 2.48 bits per heavy atom. The molecule has 1 aromatic carbocycles. The third-order valence-electron chi connectivity index (χ3n) is 3.02. The number of hydrogen-bond acceptors (Lipinski definition) is 5. The van der Waals surface area contributed by atoms with Crippen molar-refractivity contribution in [3.8, 4) is 5.75 Å². The number of likely N-dealkylation sites (N-methyl/N-ethyl adjacent to an activating group) is 2. The Labute approximate surface area is 124 Å². The first-order chi connectivity index (χ1) is 10.1. The second-order valence-electron chi connectivity index (χ2n) is 4.39. The monoisotopic (exact) mass is 294 g/mol. The molecule has 0 saturated carbocycles. The first-order valence-corrected chi connectivity index (χ1v) is 6.77. The van der Waals surface area contributed by atoms with Crippen molar-refractivity contribution in [1.82, 2.24) is 15.6 Å². The molecule has 2 amide bonds. The molecular formula is C14H22N4O3. The van der Waals surface area contributed by atoms with Gasteiger partial charge >= 0.3 is 0 Å². The Hall–Kier alpha value is -2.12. The van der Waals surface area contributed by atoms with Crippen LogP contribution in [0.1, 0.15) is 17.3 Å². The van der Waals surface area contributed by atoms with Gasteiger partial charge in [-0.25, -0.2) is 5.84 Å². The number of carbonyl (C=O) groups is 2. The Balaban J connectivity index is 2.40. The van der Waals surface area contributed by atoms with Crippen LogP contribution in [0.25, 0.3) is 0 Å². The number of carbonyl (C=O) groups excluding carboxylic acids is 2. The van der Waals surface area contributed by atoms with Crippen LogP contribution >= 0.6 is 0 Å². The first kappa shape index (κ1) is 16.9. The molecule has 0 aliphatic heterocycles. The SMILES string of the molecule is CCN(CCOc1ccc(C(=O)NN)cc1)CC(=O)NC. The van der Waals surface area contributed by atoms with Crippen molar-refractivity contribution < 1.29 is 14.3 Å². The first-order valence-electron chi connectivity index (χ1n) is 6.77. The fourth-order valence-corrected chi connectivity index (χ4v) is 1.71. The predicted octanol–water partition coefficient (Wildman–Crippen LogP) is -0.263. The van der Waals surface area contributed by atoms with E-state index < -0.39 is 0 Å². The number of nitrogens with zero attached hydrogens (tertiary/aromatic N) is 1. The summed E-state index contributed by atoms with van der Waals surface area (Å²) in [6, 6.07) is 6.69. The normalized spacial score (nSPS) is 10.3. The van der Waals surface area contributed by atoms with E-state index in [1.807, 2.05) is 11.8 Å². The zero-order valence-corrected chi connectivity index (χ0v) is 12.4. The van der Waals surface area contributed by atoms with Crippen LogP contribution in [-0.4, -0.2) is 50.0 Å². The largest absolute Gasteiger partial charge is 0.492 e. The highest BCUT2D eigenvalue weighted by atomic mass is 16.5. The molecule has 7 heteroatoms. The molecule has 0 saturated heterocycles. The average molecular weight is 294 g/mol. The lowest BCUT2D eigenvalue weighted by Gasteiger charge is -2.19. The highest BCUT2D eigenvalue weighted by Crippen LogP contribution is 2.12. The van der Waals surface area contributed by atoms with E-state index in [9.17, 15) is 9.59 Å². The van der Waals surface area contributed by atoms with Crippen molar-refractivity contribution in [2.24, 2.45) is 5.84 Å². The minimum atomic E-state index is -0.343. The zero-order valence-electron chi connectivity index (χ0n) is 12.4. The summed E-state index contributed by atoms with van der Waals surface area (Å²) in [6.45, 7) is 4.23. The van der Waals surface area contributed by atoms with Crippen molar-refractivity contribution in [3.05, 3.63) is 29.8 Å². The molecule has 0 heterocycles. The highest BCUT2D eigenvalue weighted by molar-refractivity contribution is 5.93. The van der Waals surface area contributed by atoms with Gasteiger partial charge in [0.25, 0.3) is 5.91 Å². The molecule has 116 valence electrons. The molecule has 0 unspecified atom stereocenters. The fourth-order valence-electron chi connectivity index (χ4n) is 1.71. The van der Waals surface area contributed by atoms with Gasteiger partial charge < -0.3 is 10.1 Å². The van der Waals surface area contributed by atoms with Crippen molar-refractivity contribution in [3.63, 3.8) is 0 Å². The van der Waals surface area contributed by atoms with E-state index in [1.165, 1.54) is 0 Å². The lowest BCUT2D eigenvalue weighted by molar-refractivity contribution is -0.121. The van der Waals surface area contributed by atoms with Crippen molar-refractivity contribution in [2.75, 3.05) is 33.3 Å². The van der Waals surface area contributed by atoms with Crippen LogP contribution in [-0.2, 0) is 4.79 Å². The molecular weight excluding hydrogens is 272 g/mol. The summed E-state index contributed by atoms with van der Waals surface area (Å²) >= 11 is 0. The molecule has 0 atom stereocenters. The van der Waals surface area contributed by atoms with E-state index >= 15 is 0 Å². The van der Waals surface area contributed by atoms with Gasteiger partial charge in [0.1, 0.15) is 12.4 Å². The summed E-state index contributed by atoms with van der Waals surface area (Å²) in [5.41, 5.74) is 2.54. The third-order valence-corrected chi connectivity index (χ3v) is 3.02. The van der Waals surface area contributed by atoms with Gasteiger partial charge in [0.05, 0.1) is 6.54 Å². The predicted molar refractivity (Wildman–Crippen MR) is 79.8 cm³/mol. The maximum absolute atomic E-state index is 11.3. The summed E-state index contributed by atoms with van der Waals surface area (Å²) in [5, 5.41) is 2.59. The number of amides is 2. The van der Waals surface area contributed by atoms with E-state index in [4.69, 9.17) is 10.6 Å². The maximum atomic E-state index is 11.3. The van der Waals surface area contributed by atoms with E-state index in [2.05, 4.69) is 10.7 Å². The molecule has 4 N–H and O–H groups in total. The summed E-state index contributed by atoms with van der Waals surface area (Å²) in [5.74, 6) is 5.36. The summed E-state index contributed by atoms with van der Waals surface area (Å²) < 4.78 is 5.59. The maximum Gasteiger partial charge on any atom is 0.265 e. The number of hydrogen-bond donors (Lipinski definition) is 3. The van der Waals surface area contributed by atoms with Crippen LogP contribution in [0.2, 0.25) is 0 Å². The van der Waals surface area contributed by atoms with E-state index in [-0.39, 0.29) is 11.8 Å². The van der Waals surface area contributed by atoms with E-state index in [0.717, 1.165) is 6.54 Å². The molecule has 0 spiro atoms. The number of nitrogens with two attached hydrogens (primary N) is 1. The number of rotatable bonds is 8. The lowest BCUT2D eigenvalue weighted by atomic mass is 10.2. The Morgan fingerprint density at radius 2 is 1.95 bits per heavy atom. The molecule has 7 nitrogen and oxygen atoms in total. The number of nitrogens with one attached hydrogen (secondary N) is 2. The minimum absolute atomic E-state index is 0.0194. The van der Waals surface area contributed by atoms with Gasteiger partial charge in [-0.3, -0.25) is 19.9 Å². The lowest BCUT2D eigenvalue weighted by Crippen LogP contribution is -2.37. The Morgan fingerprint density at radius 1 is 1.29 bits per heavy atom.